The zero-order chi connectivity index (χ0) is 20.0. The third kappa shape index (κ3) is 5.64. The molecule has 0 fully saturated rings. The quantitative estimate of drug-likeness (QED) is 0.594. The van der Waals surface area contributed by atoms with Gasteiger partial charge in [0.25, 0.3) is 5.91 Å². The molecular weight excluding hydrogens is 353 g/mol. The summed E-state index contributed by atoms with van der Waals surface area (Å²) in [6, 6.07) is 11.7. The van der Waals surface area contributed by atoms with Crippen LogP contribution in [-0.4, -0.2) is 29.9 Å². The van der Waals surface area contributed by atoms with Crippen molar-refractivity contribution in [3.63, 3.8) is 0 Å². The van der Waals surface area contributed by atoms with Crippen LogP contribution in [0.1, 0.15) is 31.1 Å². The van der Waals surface area contributed by atoms with Gasteiger partial charge in [-0.25, -0.2) is 9.18 Å². The highest BCUT2D eigenvalue weighted by molar-refractivity contribution is 6.04. The number of carbonyl (C=O) groups is 3. The minimum absolute atomic E-state index is 0.197. The Morgan fingerprint density at radius 2 is 1.59 bits per heavy atom. The van der Waals surface area contributed by atoms with Gasteiger partial charge in [-0.05, 0) is 57.2 Å². The number of carbonyl (C=O) groups excluding carboxylic acids is 3. The van der Waals surface area contributed by atoms with Crippen LogP contribution in [0.15, 0.2) is 48.5 Å². The Hall–Kier alpha value is -3.22. The number of nitrogens with one attached hydrogen (secondary N) is 1. The summed E-state index contributed by atoms with van der Waals surface area (Å²) in [6.45, 7) is 4.26. The van der Waals surface area contributed by atoms with Gasteiger partial charge in [0.2, 0.25) is 0 Å². The average molecular weight is 373 g/mol. The summed E-state index contributed by atoms with van der Waals surface area (Å²) in [5.74, 6) is -1.65. The zero-order valence-corrected chi connectivity index (χ0v) is 15.2. The number of Topliss-reactive ketones (excluding diaryl/α,β-unsaturated/α-hetero) is 1. The first kappa shape index (κ1) is 20.1. The van der Waals surface area contributed by atoms with E-state index in [0.29, 0.717) is 17.0 Å². The molecule has 0 bridgehead atoms. The van der Waals surface area contributed by atoms with Crippen molar-refractivity contribution < 1.29 is 28.2 Å². The molecule has 7 heteroatoms. The van der Waals surface area contributed by atoms with E-state index in [1.165, 1.54) is 45.0 Å². The summed E-state index contributed by atoms with van der Waals surface area (Å²) in [5.41, 5.74) is 0.700. The predicted molar refractivity (Wildman–Crippen MR) is 97.1 cm³/mol. The minimum atomic E-state index is -1.10. The molecule has 0 saturated heterocycles. The Balaban J connectivity index is 1.94. The second-order valence-electron chi connectivity index (χ2n) is 5.88. The van der Waals surface area contributed by atoms with Gasteiger partial charge in [0, 0.05) is 5.56 Å². The normalized spacial score (nSPS) is 12.6. The molecular formula is C20H20FNO5. The third-order valence-electron chi connectivity index (χ3n) is 3.68. The van der Waals surface area contributed by atoms with Crippen LogP contribution in [0.4, 0.5) is 10.1 Å². The fourth-order valence-electron chi connectivity index (χ4n) is 2.22. The molecule has 2 atom stereocenters. The maximum Gasteiger partial charge on any atom is 0.347 e. The number of benzene rings is 2. The van der Waals surface area contributed by atoms with Crippen LogP contribution in [0.5, 0.6) is 5.75 Å². The molecule has 0 radical (unpaired) electrons. The van der Waals surface area contributed by atoms with Crippen molar-refractivity contribution in [2.75, 3.05) is 5.32 Å². The number of para-hydroxylation sites is 1. The van der Waals surface area contributed by atoms with E-state index in [2.05, 4.69) is 5.32 Å². The van der Waals surface area contributed by atoms with E-state index in [0.717, 1.165) is 0 Å². The number of halogens is 1. The maximum atomic E-state index is 12.9. The van der Waals surface area contributed by atoms with Crippen molar-refractivity contribution in [3.05, 3.63) is 59.9 Å². The van der Waals surface area contributed by atoms with Gasteiger partial charge in [-0.15, -0.1) is 0 Å². The van der Waals surface area contributed by atoms with Crippen LogP contribution in [0, 0.1) is 5.82 Å². The Kier molecular flexibility index (Phi) is 6.65. The van der Waals surface area contributed by atoms with E-state index in [4.69, 9.17) is 9.47 Å². The molecule has 0 aromatic heterocycles. The lowest BCUT2D eigenvalue weighted by atomic mass is 10.1. The molecule has 0 spiro atoms. The summed E-state index contributed by atoms with van der Waals surface area (Å²) < 4.78 is 23.4. The van der Waals surface area contributed by atoms with E-state index in [1.807, 2.05) is 0 Å². The van der Waals surface area contributed by atoms with Gasteiger partial charge in [-0.1, -0.05) is 12.1 Å². The van der Waals surface area contributed by atoms with Crippen molar-refractivity contribution in [1.29, 1.82) is 0 Å². The highest BCUT2D eigenvalue weighted by Gasteiger charge is 2.24. The Morgan fingerprint density at radius 1 is 0.963 bits per heavy atom. The van der Waals surface area contributed by atoms with Gasteiger partial charge >= 0.3 is 5.97 Å². The molecule has 6 nitrogen and oxygen atoms in total. The average Bonchev–Trinajstić information content (AvgIpc) is 2.63. The Morgan fingerprint density at radius 3 is 2.22 bits per heavy atom. The van der Waals surface area contributed by atoms with Crippen molar-refractivity contribution in [2.24, 2.45) is 0 Å². The minimum Gasteiger partial charge on any atom is -0.479 e. The summed E-state index contributed by atoms with van der Waals surface area (Å²) in [4.78, 5) is 36.0. The zero-order valence-electron chi connectivity index (χ0n) is 15.2. The molecule has 0 aliphatic heterocycles. The SMILES string of the molecule is CC(=O)c1ccccc1NC(=O)[C@H](C)OC(=O)[C@@H](C)Oc1ccc(F)cc1. The summed E-state index contributed by atoms with van der Waals surface area (Å²) in [6.07, 6.45) is -2.09. The first-order chi connectivity index (χ1) is 12.8. The molecule has 1 N–H and O–H groups in total. The molecule has 2 rings (SSSR count). The van der Waals surface area contributed by atoms with E-state index in [1.54, 1.807) is 24.3 Å². The van der Waals surface area contributed by atoms with E-state index >= 15 is 0 Å². The molecule has 27 heavy (non-hydrogen) atoms. The number of ketones is 1. The number of esters is 1. The molecule has 0 aliphatic rings. The molecule has 0 heterocycles. The highest BCUT2D eigenvalue weighted by Crippen LogP contribution is 2.17. The third-order valence-corrected chi connectivity index (χ3v) is 3.68. The summed E-state index contributed by atoms with van der Waals surface area (Å²) >= 11 is 0. The van der Waals surface area contributed by atoms with Gasteiger partial charge in [0.1, 0.15) is 11.6 Å². The standard InChI is InChI=1S/C20H20FNO5/c1-12(23)17-6-4-5-7-18(17)22-19(24)13(2)27-20(25)14(3)26-16-10-8-15(21)9-11-16/h4-11,13-14H,1-3H3,(H,22,24)/t13-,14+/m0/s1. The first-order valence-electron chi connectivity index (χ1n) is 8.31. The molecule has 2 aromatic carbocycles. The number of rotatable bonds is 7. The van der Waals surface area contributed by atoms with E-state index in [9.17, 15) is 18.8 Å². The molecule has 0 aliphatic carbocycles. The molecule has 0 saturated carbocycles. The first-order valence-corrected chi connectivity index (χ1v) is 8.31. The summed E-state index contributed by atoms with van der Waals surface area (Å²) in [7, 11) is 0. The number of anilines is 1. The van der Waals surface area contributed by atoms with Crippen LogP contribution >= 0.6 is 0 Å². The van der Waals surface area contributed by atoms with Gasteiger partial charge in [-0.3, -0.25) is 9.59 Å². The molecule has 142 valence electrons. The fourth-order valence-corrected chi connectivity index (χ4v) is 2.22. The maximum absolute atomic E-state index is 12.9. The summed E-state index contributed by atoms with van der Waals surface area (Å²) in [5, 5.41) is 2.57. The topological polar surface area (TPSA) is 81.7 Å². The van der Waals surface area contributed by atoms with E-state index in [-0.39, 0.29) is 5.78 Å². The fraction of sp³-hybridized carbons (Fsp3) is 0.250. The molecule has 1 amide bonds. The number of ether oxygens (including phenoxy) is 2. The number of amides is 1. The van der Waals surface area contributed by atoms with Gasteiger partial charge in [0.05, 0.1) is 5.69 Å². The number of hydrogen-bond acceptors (Lipinski definition) is 5. The van der Waals surface area contributed by atoms with E-state index < -0.39 is 29.9 Å². The second-order valence-corrected chi connectivity index (χ2v) is 5.88. The Labute approximate surface area is 156 Å². The Bertz CT molecular complexity index is 835. The monoisotopic (exact) mass is 373 g/mol. The smallest absolute Gasteiger partial charge is 0.347 e. The lowest BCUT2D eigenvalue weighted by Gasteiger charge is -2.18. The molecule has 0 unspecified atom stereocenters. The van der Waals surface area contributed by atoms with Crippen molar-refractivity contribution >= 4 is 23.3 Å². The lowest BCUT2D eigenvalue weighted by Crippen LogP contribution is -2.35. The van der Waals surface area contributed by atoms with Gasteiger partial charge < -0.3 is 14.8 Å². The highest BCUT2D eigenvalue weighted by atomic mass is 19.1. The van der Waals surface area contributed by atoms with Crippen LogP contribution in [0.25, 0.3) is 0 Å². The predicted octanol–water partition coefficient (Wildman–Crippen LogP) is 3.37. The van der Waals surface area contributed by atoms with Gasteiger partial charge in [0.15, 0.2) is 18.0 Å². The van der Waals surface area contributed by atoms with Crippen molar-refractivity contribution in [2.45, 2.75) is 33.0 Å². The van der Waals surface area contributed by atoms with Gasteiger partial charge in [-0.2, -0.15) is 0 Å². The number of hydrogen-bond donors (Lipinski definition) is 1. The van der Waals surface area contributed by atoms with Crippen LogP contribution < -0.4 is 10.1 Å². The van der Waals surface area contributed by atoms with Crippen LogP contribution in [0.3, 0.4) is 0 Å². The lowest BCUT2D eigenvalue weighted by molar-refractivity contribution is -0.159. The largest absolute Gasteiger partial charge is 0.479 e. The second kappa shape index (κ2) is 8.93. The molecule has 2 aromatic rings. The van der Waals surface area contributed by atoms with Crippen molar-refractivity contribution in [3.8, 4) is 5.75 Å². The van der Waals surface area contributed by atoms with Crippen molar-refractivity contribution in [1.82, 2.24) is 0 Å². The van der Waals surface area contributed by atoms with Crippen LogP contribution in [0.2, 0.25) is 0 Å². The van der Waals surface area contributed by atoms with Crippen LogP contribution in [-0.2, 0) is 14.3 Å².